The second-order valence-corrected chi connectivity index (χ2v) is 6.85. The van der Waals surface area contributed by atoms with E-state index in [0.29, 0.717) is 23.2 Å². The van der Waals surface area contributed by atoms with Crippen LogP contribution in [0.5, 0.6) is 0 Å². The fourth-order valence-corrected chi connectivity index (χ4v) is 2.76. The number of nitrogens with zero attached hydrogens (tertiary/aromatic N) is 2. The van der Waals surface area contributed by atoms with Crippen molar-refractivity contribution in [3.8, 4) is 0 Å². The molecule has 0 spiro atoms. The van der Waals surface area contributed by atoms with Gasteiger partial charge in [0.2, 0.25) is 0 Å². The van der Waals surface area contributed by atoms with Crippen LogP contribution in [0.3, 0.4) is 0 Å². The van der Waals surface area contributed by atoms with Crippen molar-refractivity contribution in [1.29, 1.82) is 0 Å². The van der Waals surface area contributed by atoms with Crippen molar-refractivity contribution in [2.75, 3.05) is 16.4 Å². The first-order chi connectivity index (χ1) is 12.0. The van der Waals surface area contributed by atoms with Crippen LogP contribution in [0.25, 0.3) is 0 Å². The van der Waals surface area contributed by atoms with Crippen LogP contribution in [0.1, 0.15) is 25.3 Å². The molecule has 4 N–H and O–H groups in total. The van der Waals surface area contributed by atoms with E-state index in [9.17, 15) is 0 Å². The zero-order valence-electron chi connectivity index (χ0n) is 14.1. The molecular formula is C19H20BrN5. The maximum atomic E-state index is 6.24. The van der Waals surface area contributed by atoms with Crippen LogP contribution in [0.15, 0.2) is 59.3 Å². The molecule has 0 saturated heterocycles. The molecule has 2 aromatic carbocycles. The summed E-state index contributed by atoms with van der Waals surface area (Å²) in [6.45, 7) is 4.34. The minimum Gasteiger partial charge on any atom is -0.393 e. The van der Waals surface area contributed by atoms with E-state index >= 15 is 0 Å². The number of nitrogens with two attached hydrogens (primary N) is 1. The summed E-state index contributed by atoms with van der Waals surface area (Å²) in [5.41, 5.74) is 9.82. The molecule has 1 heterocycles. The molecule has 0 aliphatic carbocycles. The number of halogens is 1. The van der Waals surface area contributed by atoms with Crippen molar-refractivity contribution in [2.45, 2.75) is 19.8 Å². The van der Waals surface area contributed by atoms with Crippen LogP contribution in [0.2, 0.25) is 0 Å². The summed E-state index contributed by atoms with van der Waals surface area (Å²) in [5.74, 6) is 1.63. The van der Waals surface area contributed by atoms with Gasteiger partial charge >= 0.3 is 0 Å². The van der Waals surface area contributed by atoms with Gasteiger partial charge in [0, 0.05) is 10.2 Å². The molecule has 0 unspecified atom stereocenters. The molecule has 1 aromatic heterocycles. The highest BCUT2D eigenvalue weighted by Gasteiger charge is 2.10. The third-order valence-electron chi connectivity index (χ3n) is 3.85. The first kappa shape index (κ1) is 17.2. The van der Waals surface area contributed by atoms with E-state index in [1.54, 1.807) is 0 Å². The molecular weight excluding hydrogens is 378 g/mol. The van der Waals surface area contributed by atoms with Crippen LogP contribution in [-0.4, -0.2) is 9.97 Å². The normalized spacial score (nSPS) is 10.7. The van der Waals surface area contributed by atoms with Gasteiger partial charge in [-0.25, -0.2) is 9.97 Å². The van der Waals surface area contributed by atoms with E-state index in [1.165, 1.54) is 11.9 Å². The zero-order chi connectivity index (χ0) is 17.8. The lowest BCUT2D eigenvalue weighted by atomic mass is 10.0. The smallest absolute Gasteiger partial charge is 0.159 e. The van der Waals surface area contributed by atoms with Crippen LogP contribution in [0.4, 0.5) is 28.7 Å². The van der Waals surface area contributed by atoms with Crippen LogP contribution in [0, 0.1) is 0 Å². The van der Waals surface area contributed by atoms with Gasteiger partial charge < -0.3 is 16.4 Å². The van der Waals surface area contributed by atoms with Gasteiger partial charge in [0.1, 0.15) is 12.0 Å². The average molecular weight is 398 g/mol. The first-order valence-electron chi connectivity index (χ1n) is 8.03. The van der Waals surface area contributed by atoms with Crippen molar-refractivity contribution < 1.29 is 0 Å². The van der Waals surface area contributed by atoms with E-state index in [0.717, 1.165) is 15.8 Å². The highest BCUT2D eigenvalue weighted by molar-refractivity contribution is 9.10. The molecule has 0 radical (unpaired) electrons. The monoisotopic (exact) mass is 397 g/mol. The van der Waals surface area contributed by atoms with Gasteiger partial charge in [0.15, 0.2) is 11.6 Å². The lowest BCUT2D eigenvalue weighted by Gasteiger charge is -2.14. The number of para-hydroxylation sites is 1. The summed E-state index contributed by atoms with van der Waals surface area (Å²) >= 11 is 3.51. The maximum Gasteiger partial charge on any atom is 0.159 e. The van der Waals surface area contributed by atoms with E-state index < -0.39 is 0 Å². The summed E-state index contributed by atoms with van der Waals surface area (Å²) in [4.78, 5) is 8.50. The van der Waals surface area contributed by atoms with Gasteiger partial charge in [-0.3, -0.25) is 0 Å². The summed E-state index contributed by atoms with van der Waals surface area (Å²) in [6.07, 6.45) is 1.49. The first-order valence-corrected chi connectivity index (χ1v) is 8.83. The quantitative estimate of drug-likeness (QED) is 0.534. The molecule has 0 aliphatic heterocycles. The number of anilines is 5. The maximum absolute atomic E-state index is 6.24. The summed E-state index contributed by atoms with van der Waals surface area (Å²) in [5, 5.41) is 6.48. The van der Waals surface area contributed by atoms with Crippen molar-refractivity contribution in [3.05, 3.63) is 64.9 Å². The predicted octanol–water partition coefficient (Wildman–Crippen LogP) is 5.43. The van der Waals surface area contributed by atoms with Crippen molar-refractivity contribution in [2.24, 2.45) is 0 Å². The molecule has 3 rings (SSSR count). The van der Waals surface area contributed by atoms with Crippen molar-refractivity contribution >= 4 is 44.6 Å². The SMILES string of the molecule is CC(C)c1ccc(Nc2ncnc(Nc3ccccc3Br)c2N)cc1. The Kier molecular flexibility index (Phi) is 5.19. The Morgan fingerprint density at radius 2 is 1.56 bits per heavy atom. The molecule has 128 valence electrons. The van der Waals surface area contributed by atoms with Gasteiger partial charge in [-0.1, -0.05) is 38.1 Å². The molecule has 0 atom stereocenters. The number of hydrogen-bond acceptors (Lipinski definition) is 5. The third-order valence-corrected chi connectivity index (χ3v) is 4.54. The van der Waals surface area contributed by atoms with Crippen LogP contribution < -0.4 is 16.4 Å². The third kappa shape index (κ3) is 4.09. The second kappa shape index (κ2) is 7.53. The fraction of sp³-hybridized carbons (Fsp3) is 0.158. The molecule has 0 fully saturated rings. The van der Waals surface area contributed by atoms with Gasteiger partial charge in [-0.05, 0) is 51.7 Å². The molecule has 25 heavy (non-hydrogen) atoms. The Bertz CT molecular complexity index is 862. The number of nitrogen functional groups attached to an aromatic ring is 1. The Labute approximate surface area is 155 Å². The Hall–Kier alpha value is -2.60. The van der Waals surface area contributed by atoms with E-state index in [-0.39, 0.29) is 0 Å². The molecule has 3 aromatic rings. The van der Waals surface area contributed by atoms with Crippen molar-refractivity contribution in [3.63, 3.8) is 0 Å². The Morgan fingerprint density at radius 1 is 0.920 bits per heavy atom. The largest absolute Gasteiger partial charge is 0.393 e. The number of hydrogen-bond donors (Lipinski definition) is 3. The Balaban J connectivity index is 1.82. The minimum atomic E-state index is 0.464. The number of benzene rings is 2. The summed E-state index contributed by atoms with van der Waals surface area (Å²) < 4.78 is 0.937. The van der Waals surface area contributed by atoms with E-state index in [2.05, 4.69) is 62.5 Å². The summed E-state index contributed by atoms with van der Waals surface area (Å²) in [6, 6.07) is 16.1. The molecule has 0 amide bonds. The molecule has 6 heteroatoms. The average Bonchev–Trinajstić information content (AvgIpc) is 2.61. The van der Waals surface area contributed by atoms with Gasteiger partial charge in [-0.2, -0.15) is 0 Å². The van der Waals surface area contributed by atoms with Gasteiger partial charge in [-0.15, -0.1) is 0 Å². The fourth-order valence-electron chi connectivity index (χ4n) is 2.37. The van der Waals surface area contributed by atoms with Crippen molar-refractivity contribution in [1.82, 2.24) is 9.97 Å². The lowest BCUT2D eigenvalue weighted by Crippen LogP contribution is -2.05. The molecule has 0 saturated carbocycles. The molecule has 5 nitrogen and oxygen atoms in total. The number of nitrogens with one attached hydrogen (secondary N) is 2. The predicted molar refractivity (Wildman–Crippen MR) is 108 cm³/mol. The Morgan fingerprint density at radius 3 is 2.20 bits per heavy atom. The zero-order valence-corrected chi connectivity index (χ0v) is 15.7. The minimum absolute atomic E-state index is 0.464. The lowest BCUT2D eigenvalue weighted by molar-refractivity contribution is 0.867. The highest BCUT2D eigenvalue weighted by Crippen LogP contribution is 2.31. The van der Waals surface area contributed by atoms with Gasteiger partial charge in [0.05, 0.1) is 5.69 Å². The summed E-state index contributed by atoms with van der Waals surface area (Å²) in [7, 11) is 0. The number of aromatic nitrogens is 2. The molecule has 0 bridgehead atoms. The topological polar surface area (TPSA) is 75.9 Å². The van der Waals surface area contributed by atoms with E-state index in [1.807, 2.05) is 36.4 Å². The van der Waals surface area contributed by atoms with Crippen LogP contribution >= 0.6 is 15.9 Å². The molecule has 0 aliphatic rings. The standard InChI is InChI=1S/C19H20BrN5/c1-12(2)13-7-9-14(10-8-13)24-18-17(21)19(23-11-22-18)25-16-6-4-3-5-15(16)20/h3-12H,21H2,1-2H3,(H2,22,23,24,25). The second-order valence-electron chi connectivity index (χ2n) is 5.99. The highest BCUT2D eigenvalue weighted by atomic mass is 79.9. The van der Waals surface area contributed by atoms with Gasteiger partial charge in [0.25, 0.3) is 0 Å². The number of rotatable bonds is 5. The van der Waals surface area contributed by atoms with Crippen LogP contribution in [-0.2, 0) is 0 Å². The van der Waals surface area contributed by atoms with E-state index in [4.69, 9.17) is 5.73 Å².